The van der Waals surface area contributed by atoms with Crippen LogP contribution in [0.15, 0.2) is 24.3 Å². The molecule has 2 heterocycles. The molecule has 1 N–H and O–H groups in total. The predicted octanol–water partition coefficient (Wildman–Crippen LogP) is 3.17. The Hall–Kier alpha value is -1.65. The Labute approximate surface area is 175 Å². The monoisotopic (exact) mass is 447 g/mol. The molecule has 0 aromatic heterocycles. The van der Waals surface area contributed by atoms with E-state index >= 15 is 0 Å². The summed E-state index contributed by atoms with van der Waals surface area (Å²) in [6.45, 7) is 5.53. The average Bonchev–Trinajstić information content (AvgIpc) is 2.87. The minimum absolute atomic E-state index is 0.00144. The first-order valence-electron chi connectivity index (χ1n) is 9.88. The fourth-order valence-electron chi connectivity index (χ4n) is 4.90. The lowest BCUT2D eigenvalue weighted by Crippen LogP contribution is -2.45. The number of carbonyl (C=O) groups excluding carboxylic acids is 1. The number of halogens is 3. The first kappa shape index (κ1) is 23.0. The van der Waals surface area contributed by atoms with Crippen LogP contribution in [0.1, 0.15) is 38.7 Å². The van der Waals surface area contributed by atoms with Crippen LogP contribution in [0.4, 0.5) is 18.9 Å². The zero-order valence-electron chi connectivity index (χ0n) is 17.4. The summed E-state index contributed by atoms with van der Waals surface area (Å²) in [5.41, 5.74) is -1.69. The second-order valence-corrected chi connectivity index (χ2v) is 11.0. The van der Waals surface area contributed by atoms with Gasteiger partial charge < -0.3 is 5.32 Å². The Bertz CT molecular complexity index is 907. The number of para-hydroxylation sites is 1. The number of likely N-dealkylation sites (tertiary alicyclic amines) is 1. The minimum atomic E-state index is -4.54. The van der Waals surface area contributed by atoms with E-state index in [1.807, 2.05) is 18.7 Å². The van der Waals surface area contributed by atoms with Crippen molar-refractivity contribution in [2.75, 3.05) is 37.8 Å². The lowest BCUT2D eigenvalue weighted by Gasteiger charge is -2.39. The number of piperidine rings is 1. The molecule has 0 aliphatic carbocycles. The maximum atomic E-state index is 13.1. The van der Waals surface area contributed by atoms with Crippen molar-refractivity contribution in [3.8, 4) is 0 Å². The molecule has 168 valence electrons. The summed E-state index contributed by atoms with van der Waals surface area (Å²) in [6, 6.07) is 4.91. The topological polar surface area (TPSA) is 69.7 Å². The van der Waals surface area contributed by atoms with Gasteiger partial charge in [-0.15, -0.1) is 0 Å². The summed E-state index contributed by atoms with van der Waals surface area (Å²) in [6.07, 6.45) is -1.07. The van der Waals surface area contributed by atoms with E-state index in [1.165, 1.54) is 24.5 Å². The number of benzene rings is 1. The number of rotatable bonds is 4. The molecule has 2 aliphatic rings. The van der Waals surface area contributed by atoms with Crippen molar-refractivity contribution < 1.29 is 26.4 Å². The molecule has 30 heavy (non-hydrogen) atoms. The fraction of sp³-hybridized carbons (Fsp3) is 0.650. The third kappa shape index (κ3) is 4.97. The number of hydrogen-bond donors (Lipinski definition) is 1. The lowest BCUT2D eigenvalue weighted by atomic mass is 9.74. The van der Waals surface area contributed by atoms with Crippen LogP contribution >= 0.6 is 0 Å². The summed E-state index contributed by atoms with van der Waals surface area (Å²) >= 11 is 0. The molecule has 3 rings (SSSR count). The molecule has 10 heteroatoms. The van der Waals surface area contributed by atoms with Crippen LogP contribution in [0, 0.1) is 5.41 Å². The lowest BCUT2D eigenvalue weighted by molar-refractivity contribution is -0.137. The number of anilines is 1. The Morgan fingerprint density at radius 3 is 2.30 bits per heavy atom. The van der Waals surface area contributed by atoms with Gasteiger partial charge in [0.1, 0.15) is 0 Å². The Morgan fingerprint density at radius 2 is 1.77 bits per heavy atom. The van der Waals surface area contributed by atoms with Crippen molar-refractivity contribution in [2.24, 2.45) is 5.41 Å². The van der Waals surface area contributed by atoms with E-state index < -0.39 is 33.2 Å². The number of alkyl halides is 3. The smallest absolute Gasteiger partial charge is 0.324 e. The first-order chi connectivity index (χ1) is 13.7. The minimum Gasteiger partial charge on any atom is -0.324 e. The molecule has 1 spiro atoms. The number of carbonyl (C=O) groups is 1. The van der Waals surface area contributed by atoms with Gasteiger partial charge in [-0.25, -0.2) is 8.42 Å². The van der Waals surface area contributed by atoms with Gasteiger partial charge in [-0.1, -0.05) is 12.1 Å². The Balaban J connectivity index is 1.59. The SMILES string of the molecule is CC1(C)CC2(CCN(CC(=O)Nc3ccccc3C(F)(F)F)CC2)CN1S(C)(=O)=O. The summed E-state index contributed by atoms with van der Waals surface area (Å²) < 4.78 is 65.1. The summed E-state index contributed by atoms with van der Waals surface area (Å²) in [5, 5.41) is 2.38. The highest BCUT2D eigenvalue weighted by Crippen LogP contribution is 2.48. The zero-order chi connectivity index (χ0) is 22.4. The van der Waals surface area contributed by atoms with Crippen LogP contribution in [-0.2, 0) is 21.0 Å². The normalized spacial score (nSPS) is 22.3. The molecule has 1 amide bonds. The van der Waals surface area contributed by atoms with E-state index in [4.69, 9.17) is 0 Å². The molecule has 0 atom stereocenters. The summed E-state index contributed by atoms with van der Waals surface area (Å²) in [5.74, 6) is -0.493. The standard InChI is InChI=1S/C20H28F3N3O3S/c1-18(2)13-19(14-26(18)30(3,28)29)8-10-25(11-9-19)12-17(27)24-16-7-5-4-6-15(16)20(21,22)23/h4-7H,8-14H2,1-3H3,(H,24,27). The third-order valence-corrected chi connectivity index (χ3v) is 7.58. The number of nitrogens with one attached hydrogen (secondary N) is 1. The van der Waals surface area contributed by atoms with E-state index in [0.29, 0.717) is 19.6 Å². The molecule has 0 bridgehead atoms. The molecule has 2 aliphatic heterocycles. The maximum absolute atomic E-state index is 13.1. The highest BCUT2D eigenvalue weighted by molar-refractivity contribution is 7.88. The van der Waals surface area contributed by atoms with E-state index in [2.05, 4.69) is 5.32 Å². The number of hydrogen-bond acceptors (Lipinski definition) is 4. The van der Waals surface area contributed by atoms with Crippen LogP contribution in [0.2, 0.25) is 0 Å². The molecule has 0 radical (unpaired) electrons. The number of amides is 1. The van der Waals surface area contributed by atoms with Crippen molar-refractivity contribution in [1.29, 1.82) is 0 Å². The van der Waals surface area contributed by atoms with Gasteiger partial charge in [0.2, 0.25) is 15.9 Å². The average molecular weight is 448 g/mol. The molecule has 2 fully saturated rings. The van der Waals surface area contributed by atoms with Gasteiger partial charge in [0.25, 0.3) is 0 Å². The van der Waals surface area contributed by atoms with Crippen LogP contribution in [0.3, 0.4) is 0 Å². The van der Waals surface area contributed by atoms with Gasteiger partial charge in [-0.05, 0) is 63.7 Å². The molecule has 1 aromatic rings. The van der Waals surface area contributed by atoms with E-state index in [-0.39, 0.29) is 17.6 Å². The van der Waals surface area contributed by atoms with Crippen LogP contribution in [-0.4, -0.2) is 61.5 Å². The second-order valence-electron chi connectivity index (χ2n) is 9.13. The van der Waals surface area contributed by atoms with Crippen LogP contribution < -0.4 is 5.32 Å². The van der Waals surface area contributed by atoms with Gasteiger partial charge in [0.15, 0.2) is 0 Å². The quantitative estimate of drug-likeness (QED) is 0.770. The highest BCUT2D eigenvalue weighted by atomic mass is 32.2. The Kier molecular flexibility index (Phi) is 5.98. The highest BCUT2D eigenvalue weighted by Gasteiger charge is 2.52. The first-order valence-corrected chi connectivity index (χ1v) is 11.7. The predicted molar refractivity (Wildman–Crippen MR) is 108 cm³/mol. The van der Waals surface area contributed by atoms with Gasteiger partial charge in [-0.3, -0.25) is 9.69 Å². The molecule has 6 nitrogen and oxygen atoms in total. The molecular weight excluding hydrogens is 419 g/mol. The van der Waals surface area contributed by atoms with Crippen molar-refractivity contribution in [3.63, 3.8) is 0 Å². The zero-order valence-corrected chi connectivity index (χ0v) is 18.2. The van der Waals surface area contributed by atoms with Crippen molar-refractivity contribution >= 4 is 21.6 Å². The van der Waals surface area contributed by atoms with Gasteiger partial charge in [0, 0.05) is 12.1 Å². The van der Waals surface area contributed by atoms with Gasteiger partial charge >= 0.3 is 6.18 Å². The van der Waals surface area contributed by atoms with E-state index in [1.54, 1.807) is 4.31 Å². The van der Waals surface area contributed by atoms with Gasteiger partial charge in [-0.2, -0.15) is 17.5 Å². The van der Waals surface area contributed by atoms with Crippen molar-refractivity contribution in [1.82, 2.24) is 9.21 Å². The number of sulfonamides is 1. The second kappa shape index (κ2) is 7.80. The third-order valence-electron chi connectivity index (χ3n) is 6.15. The van der Waals surface area contributed by atoms with Gasteiger partial charge in [0.05, 0.1) is 24.1 Å². The largest absolute Gasteiger partial charge is 0.418 e. The Morgan fingerprint density at radius 1 is 1.17 bits per heavy atom. The molecular formula is C20H28F3N3O3S. The molecule has 2 saturated heterocycles. The molecule has 0 unspecified atom stereocenters. The van der Waals surface area contributed by atoms with Crippen molar-refractivity contribution in [2.45, 2.75) is 44.8 Å². The summed E-state index contributed by atoms with van der Waals surface area (Å²) in [7, 11) is -3.31. The molecule has 1 aromatic carbocycles. The summed E-state index contributed by atoms with van der Waals surface area (Å²) in [4.78, 5) is 14.3. The van der Waals surface area contributed by atoms with E-state index in [9.17, 15) is 26.4 Å². The van der Waals surface area contributed by atoms with E-state index in [0.717, 1.165) is 25.3 Å². The number of nitrogens with zero attached hydrogens (tertiary/aromatic N) is 2. The maximum Gasteiger partial charge on any atom is 0.418 e. The van der Waals surface area contributed by atoms with Crippen molar-refractivity contribution in [3.05, 3.63) is 29.8 Å². The van der Waals surface area contributed by atoms with Crippen LogP contribution in [0.25, 0.3) is 0 Å². The molecule has 0 saturated carbocycles. The van der Waals surface area contributed by atoms with Crippen LogP contribution in [0.5, 0.6) is 0 Å². The fourth-order valence-corrected chi connectivity index (χ4v) is 6.37.